The zero-order valence-corrected chi connectivity index (χ0v) is 16.3. The number of amides is 1. The number of imidazole rings is 1. The lowest BCUT2D eigenvalue weighted by atomic mass is 9.95. The molecule has 6 nitrogen and oxygen atoms in total. The molecular formula is C19H29ClN4O2. The van der Waals surface area contributed by atoms with Crippen molar-refractivity contribution < 1.29 is 4.79 Å². The zero-order valence-electron chi connectivity index (χ0n) is 15.5. The summed E-state index contributed by atoms with van der Waals surface area (Å²) in [6.45, 7) is 7.18. The summed E-state index contributed by atoms with van der Waals surface area (Å²) in [6, 6.07) is 7.98. The van der Waals surface area contributed by atoms with Crippen molar-refractivity contribution in [2.24, 2.45) is 5.92 Å². The highest BCUT2D eigenvalue weighted by atomic mass is 35.5. The first-order chi connectivity index (χ1) is 12.1. The standard InChI is InChI=1S/C19H28N4O2.ClH/c1-3-11-22-16-6-4-5-7-17(16)23(19(22)25)12-9-18(24)21-15-13-20-10-8-14(15)2;/h4-7,14-15,20H,3,8-13H2,1-2H3,(H,21,24);1H. The van der Waals surface area contributed by atoms with E-state index in [2.05, 4.69) is 24.5 Å². The molecule has 0 aliphatic carbocycles. The molecule has 0 saturated carbocycles. The van der Waals surface area contributed by atoms with Gasteiger partial charge in [-0.2, -0.15) is 0 Å². The number of rotatable bonds is 6. The van der Waals surface area contributed by atoms with Crippen molar-refractivity contribution in [3.05, 3.63) is 34.7 Å². The fourth-order valence-corrected chi connectivity index (χ4v) is 3.60. The van der Waals surface area contributed by atoms with Gasteiger partial charge in [0, 0.05) is 32.1 Å². The highest BCUT2D eigenvalue weighted by Gasteiger charge is 2.22. The van der Waals surface area contributed by atoms with Gasteiger partial charge in [0.05, 0.1) is 11.0 Å². The Labute approximate surface area is 160 Å². The minimum absolute atomic E-state index is 0. The van der Waals surface area contributed by atoms with Crippen LogP contribution in [0.3, 0.4) is 0 Å². The molecule has 1 fully saturated rings. The van der Waals surface area contributed by atoms with Gasteiger partial charge in [-0.15, -0.1) is 12.4 Å². The van der Waals surface area contributed by atoms with E-state index in [0.29, 0.717) is 25.4 Å². The van der Waals surface area contributed by atoms with Crippen LogP contribution in [0.5, 0.6) is 0 Å². The molecule has 2 atom stereocenters. The first-order valence-electron chi connectivity index (χ1n) is 9.30. The van der Waals surface area contributed by atoms with E-state index in [1.54, 1.807) is 9.13 Å². The number of para-hydroxylation sites is 2. The molecule has 1 aromatic heterocycles. The number of nitrogens with one attached hydrogen (secondary N) is 2. The molecular weight excluding hydrogens is 352 g/mol. The summed E-state index contributed by atoms with van der Waals surface area (Å²) in [6.07, 6.45) is 2.30. The van der Waals surface area contributed by atoms with Crippen molar-refractivity contribution in [3.8, 4) is 0 Å². The predicted molar refractivity (Wildman–Crippen MR) is 107 cm³/mol. The van der Waals surface area contributed by atoms with E-state index in [1.807, 2.05) is 24.3 Å². The number of halogens is 1. The molecule has 144 valence electrons. The lowest BCUT2D eigenvalue weighted by Gasteiger charge is -2.30. The largest absolute Gasteiger partial charge is 0.352 e. The molecule has 2 heterocycles. The highest BCUT2D eigenvalue weighted by Crippen LogP contribution is 2.14. The molecule has 0 radical (unpaired) electrons. The van der Waals surface area contributed by atoms with Gasteiger partial charge >= 0.3 is 5.69 Å². The Morgan fingerprint density at radius 2 is 1.88 bits per heavy atom. The third-order valence-electron chi connectivity index (χ3n) is 5.11. The maximum absolute atomic E-state index is 12.7. The van der Waals surface area contributed by atoms with Crippen LogP contribution in [0.15, 0.2) is 29.1 Å². The molecule has 1 amide bonds. The lowest BCUT2D eigenvalue weighted by molar-refractivity contribution is -0.122. The summed E-state index contributed by atoms with van der Waals surface area (Å²) < 4.78 is 3.54. The second kappa shape index (κ2) is 9.24. The number of fused-ring (bicyclic) bond motifs is 1. The molecule has 2 unspecified atom stereocenters. The summed E-state index contributed by atoms with van der Waals surface area (Å²) in [5.74, 6) is 0.499. The molecule has 1 aromatic carbocycles. The zero-order chi connectivity index (χ0) is 17.8. The molecule has 2 N–H and O–H groups in total. The molecule has 0 spiro atoms. The van der Waals surface area contributed by atoms with Crippen LogP contribution in [-0.2, 0) is 17.9 Å². The quantitative estimate of drug-likeness (QED) is 0.806. The van der Waals surface area contributed by atoms with Gasteiger partial charge < -0.3 is 10.6 Å². The van der Waals surface area contributed by atoms with E-state index in [1.165, 1.54) is 0 Å². The number of piperidine rings is 1. The minimum Gasteiger partial charge on any atom is -0.352 e. The third-order valence-corrected chi connectivity index (χ3v) is 5.11. The van der Waals surface area contributed by atoms with Crippen molar-refractivity contribution in [2.45, 2.75) is 52.2 Å². The van der Waals surface area contributed by atoms with Gasteiger partial charge in [-0.3, -0.25) is 13.9 Å². The average molecular weight is 381 g/mol. The van der Waals surface area contributed by atoms with E-state index in [9.17, 15) is 9.59 Å². The van der Waals surface area contributed by atoms with E-state index in [0.717, 1.165) is 37.0 Å². The van der Waals surface area contributed by atoms with Gasteiger partial charge in [0.15, 0.2) is 0 Å². The Bertz CT molecular complexity index is 798. The second-order valence-electron chi connectivity index (χ2n) is 6.97. The molecule has 1 aliphatic heterocycles. The Kier molecular flexibility index (Phi) is 7.29. The van der Waals surface area contributed by atoms with E-state index >= 15 is 0 Å². The number of carbonyl (C=O) groups is 1. The number of hydrogen-bond acceptors (Lipinski definition) is 3. The number of benzene rings is 1. The number of carbonyl (C=O) groups excluding carboxylic acids is 1. The van der Waals surface area contributed by atoms with Crippen LogP contribution in [0.1, 0.15) is 33.1 Å². The van der Waals surface area contributed by atoms with Crippen LogP contribution >= 0.6 is 12.4 Å². The average Bonchev–Trinajstić information content (AvgIpc) is 2.88. The molecule has 7 heteroatoms. The van der Waals surface area contributed by atoms with Crippen LogP contribution in [0.25, 0.3) is 11.0 Å². The third kappa shape index (κ3) is 4.30. The molecule has 3 rings (SSSR count). The maximum Gasteiger partial charge on any atom is 0.329 e. The Hall–Kier alpha value is -1.79. The number of hydrogen-bond donors (Lipinski definition) is 2. The van der Waals surface area contributed by atoms with Gasteiger partial charge in [-0.1, -0.05) is 26.0 Å². The molecule has 0 bridgehead atoms. The first kappa shape index (κ1) is 20.5. The van der Waals surface area contributed by atoms with Crippen molar-refractivity contribution in [3.63, 3.8) is 0 Å². The lowest BCUT2D eigenvalue weighted by Crippen LogP contribution is -2.50. The monoisotopic (exact) mass is 380 g/mol. The number of aryl methyl sites for hydroxylation is 2. The van der Waals surface area contributed by atoms with Gasteiger partial charge in [0.25, 0.3) is 0 Å². The topological polar surface area (TPSA) is 68.1 Å². The van der Waals surface area contributed by atoms with Crippen LogP contribution in [0, 0.1) is 5.92 Å². The van der Waals surface area contributed by atoms with Gasteiger partial charge in [-0.05, 0) is 37.4 Å². The highest BCUT2D eigenvalue weighted by molar-refractivity contribution is 5.85. The second-order valence-corrected chi connectivity index (χ2v) is 6.97. The predicted octanol–water partition coefficient (Wildman–Crippen LogP) is 2.14. The molecule has 1 saturated heterocycles. The summed E-state index contributed by atoms with van der Waals surface area (Å²) >= 11 is 0. The normalized spacial score (nSPS) is 19.9. The van der Waals surface area contributed by atoms with Crippen molar-refractivity contribution in [1.29, 1.82) is 0 Å². The van der Waals surface area contributed by atoms with Crippen LogP contribution in [0.2, 0.25) is 0 Å². The van der Waals surface area contributed by atoms with E-state index < -0.39 is 0 Å². The number of nitrogens with zero attached hydrogens (tertiary/aromatic N) is 2. The fourth-order valence-electron chi connectivity index (χ4n) is 3.60. The Balaban J connectivity index is 0.00000243. The Morgan fingerprint density at radius 3 is 2.50 bits per heavy atom. The van der Waals surface area contributed by atoms with Crippen LogP contribution in [-0.4, -0.2) is 34.2 Å². The van der Waals surface area contributed by atoms with Gasteiger partial charge in [-0.25, -0.2) is 4.79 Å². The van der Waals surface area contributed by atoms with Crippen LogP contribution in [0.4, 0.5) is 0 Å². The summed E-state index contributed by atoms with van der Waals surface area (Å²) in [5.41, 5.74) is 1.82. The molecule has 26 heavy (non-hydrogen) atoms. The molecule has 1 aliphatic rings. The van der Waals surface area contributed by atoms with E-state index in [4.69, 9.17) is 0 Å². The smallest absolute Gasteiger partial charge is 0.329 e. The van der Waals surface area contributed by atoms with Crippen molar-refractivity contribution in [2.75, 3.05) is 13.1 Å². The summed E-state index contributed by atoms with van der Waals surface area (Å²) in [7, 11) is 0. The first-order valence-corrected chi connectivity index (χ1v) is 9.30. The van der Waals surface area contributed by atoms with Crippen molar-refractivity contribution in [1.82, 2.24) is 19.8 Å². The minimum atomic E-state index is -0.0245. The number of aromatic nitrogens is 2. The van der Waals surface area contributed by atoms with Gasteiger partial charge in [0.1, 0.15) is 0 Å². The Morgan fingerprint density at radius 1 is 1.23 bits per heavy atom. The fraction of sp³-hybridized carbons (Fsp3) is 0.579. The molecule has 2 aromatic rings. The maximum atomic E-state index is 12.7. The SMILES string of the molecule is CCCn1c(=O)n(CCC(=O)NC2CNCCC2C)c2ccccc21.Cl. The van der Waals surface area contributed by atoms with Crippen molar-refractivity contribution >= 4 is 29.3 Å². The summed E-state index contributed by atoms with van der Waals surface area (Å²) in [5, 5.41) is 6.44. The van der Waals surface area contributed by atoms with Crippen LogP contribution < -0.4 is 16.3 Å². The van der Waals surface area contributed by atoms with E-state index in [-0.39, 0.29) is 30.0 Å². The van der Waals surface area contributed by atoms with Gasteiger partial charge in [0.2, 0.25) is 5.91 Å². The summed E-state index contributed by atoms with van der Waals surface area (Å²) in [4.78, 5) is 25.1.